The van der Waals surface area contributed by atoms with Crippen LogP contribution in [0.25, 0.3) is 10.2 Å². The molecular formula is C26H28N4O3S. The zero-order chi connectivity index (χ0) is 24.1. The minimum Gasteiger partial charge on any atom is -0.496 e. The van der Waals surface area contributed by atoms with Gasteiger partial charge in [-0.3, -0.25) is 4.79 Å². The number of rotatable bonds is 9. The van der Waals surface area contributed by atoms with E-state index in [1.54, 1.807) is 19.1 Å². The number of nitrogens with zero attached hydrogens (tertiary/aromatic N) is 3. The fraction of sp³-hybridized carbons (Fsp3) is 0.269. The summed E-state index contributed by atoms with van der Waals surface area (Å²) < 4.78 is 5.43. The Labute approximate surface area is 203 Å². The molecule has 176 valence electrons. The van der Waals surface area contributed by atoms with Crippen LogP contribution in [0.3, 0.4) is 0 Å². The highest BCUT2D eigenvalue weighted by Crippen LogP contribution is 2.34. The van der Waals surface area contributed by atoms with Gasteiger partial charge in [0.15, 0.2) is 0 Å². The number of benzene rings is 2. The number of aliphatic hydroxyl groups is 1. The second kappa shape index (κ2) is 10.6. The molecule has 2 heterocycles. The molecule has 1 amide bonds. The summed E-state index contributed by atoms with van der Waals surface area (Å²) in [5, 5.41) is 14.8. The van der Waals surface area contributed by atoms with Gasteiger partial charge in [-0.1, -0.05) is 48.5 Å². The molecular weight excluding hydrogens is 448 g/mol. The number of thiophene rings is 1. The van der Waals surface area contributed by atoms with Gasteiger partial charge in [-0.25, -0.2) is 9.97 Å². The topological polar surface area (TPSA) is 87.6 Å². The Hall–Kier alpha value is -3.49. The third-order valence-electron chi connectivity index (χ3n) is 5.78. The Balaban J connectivity index is 1.50. The molecule has 0 fully saturated rings. The quantitative estimate of drug-likeness (QED) is 0.371. The van der Waals surface area contributed by atoms with Crippen LogP contribution < -0.4 is 10.1 Å². The van der Waals surface area contributed by atoms with Gasteiger partial charge in [0, 0.05) is 13.6 Å². The van der Waals surface area contributed by atoms with Crippen molar-refractivity contribution in [3.63, 3.8) is 0 Å². The predicted molar refractivity (Wildman–Crippen MR) is 136 cm³/mol. The SMILES string of the molecule is COc1ccccc1CCNc1ncnc2sc(C(=O)N(C)CC(O)c3ccccc3)c(C)c12. The van der Waals surface area contributed by atoms with E-state index in [1.807, 2.05) is 61.5 Å². The fourth-order valence-electron chi connectivity index (χ4n) is 3.93. The van der Waals surface area contributed by atoms with Crippen molar-refractivity contribution in [1.29, 1.82) is 0 Å². The van der Waals surface area contributed by atoms with Crippen LogP contribution in [0.1, 0.15) is 32.5 Å². The van der Waals surface area contributed by atoms with Gasteiger partial charge in [-0.15, -0.1) is 11.3 Å². The number of aliphatic hydroxyl groups excluding tert-OH is 1. The van der Waals surface area contributed by atoms with Gasteiger partial charge in [0.25, 0.3) is 5.91 Å². The van der Waals surface area contributed by atoms with Crippen molar-refractivity contribution in [3.05, 3.63) is 82.5 Å². The molecule has 0 bridgehead atoms. The molecule has 1 atom stereocenters. The number of fused-ring (bicyclic) bond motifs is 1. The van der Waals surface area contributed by atoms with Gasteiger partial charge in [0.1, 0.15) is 22.7 Å². The molecule has 2 N–H and O–H groups in total. The van der Waals surface area contributed by atoms with Crippen molar-refractivity contribution >= 4 is 33.3 Å². The van der Waals surface area contributed by atoms with Gasteiger partial charge in [0.2, 0.25) is 0 Å². The van der Waals surface area contributed by atoms with E-state index >= 15 is 0 Å². The molecule has 0 aliphatic heterocycles. The summed E-state index contributed by atoms with van der Waals surface area (Å²) in [6.07, 6.45) is 1.53. The van der Waals surface area contributed by atoms with Gasteiger partial charge < -0.3 is 20.1 Å². The highest BCUT2D eigenvalue weighted by molar-refractivity contribution is 7.20. The average molecular weight is 477 g/mol. The first kappa shape index (κ1) is 23.7. The summed E-state index contributed by atoms with van der Waals surface area (Å²) in [5.74, 6) is 1.42. The number of aryl methyl sites for hydroxylation is 1. The lowest BCUT2D eigenvalue weighted by Crippen LogP contribution is -2.31. The normalized spacial score (nSPS) is 11.9. The van der Waals surface area contributed by atoms with E-state index in [4.69, 9.17) is 4.74 Å². The molecule has 2 aromatic carbocycles. The number of nitrogens with one attached hydrogen (secondary N) is 1. The number of hydrogen-bond donors (Lipinski definition) is 2. The van der Waals surface area contributed by atoms with E-state index in [-0.39, 0.29) is 12.5 Å². The first-order valence-corrected chi connectivity index (χ1v) is 11.9. The minimum atomic E-state index is -0.753. The number of ether oxygens (including phenoxy) is 1. The number of aromatic nitrogens is 2. The summed E-state index contributed by atoms with van der Waals surface area (Å²) >= 11 is 1.35. The molecule has 7 nitrogen and oxygen atoms in total. The fourth-order valence-corrected chi connectivity index (χ4v) is 5.07. The number of likely N-dealkylation sites (N-methyl/N-ethyl adjacent to an activating group) is 1. The van der Waals surface area contributed by atoms with Gasteiger partial charge in [-0.2, -0.15) is 0 Å². The molecule has 0 aliphatic rings. The molecule has 2 aromatic heterocycles. The number of carbonyl (C=O) groups is 1. The van der Waals surface area contributed by atoms with E-state index < -0.39 is 6.10 Å². The minimum absolute atomic E-state index is 0.143. The highest BCUT2D eigenvalue weighted by Gasteiger charge is 2.23. The Morgan fingerprint density at radius 2 is 1.88 bits per heavy atom. The molecule has 0 spiro atoms. The predicted octanol–water partition coefficient (Wildman–Crippen LogP) is 4.47. The Bertz CT molecular complexity index is 1280. The summed E-state index contributed by atoms with van der Waals surface area (Å²) in [6, 6.07) is 17.3. The first-order chi connectivity index (χ1) is 16.5. The van der Waals surface area contributed by atoms with Crippen molar-refractivity contribution < 1.29 is 14.6 Å². The van der Waals surface area contributed by atoms with Crippen molar-refractivity contribution in [2.45, 2.75) is 19.4 Å². The van der Waals surface area contributed by atoms with E-state index in [0.717, 1.165) is 39.1 Å². The van der Waals surface area contributed by atoms with Crippen molar-refractivity contribution in [2.24, 2.45) is 0 Å². The molecule has 0 saturated carbocycles. The zero-order valence-corrected chi connectivity index (χ0v) is 20.3. The second-order valence-corrected chi connectivity index (χ2v) is 9.06. The maximum absolute atomic E-state index is 13.2. The number of anilines is 1. The van der Waals surface area contributed by atoms with E-state index in [9.17, 15) is 9.90 Å². The summed E-state index contributed by atoms with van der Waals surface area (Å²) in [5.41, 5.74) is 2.73. The lowest BCUT2D eigenvalue weighted by Gasteiger charge is -2.21. The van der Waals surface area contributed by atoms with Crippen LogP contribution >= 0.6 is 11.3 Å². The Morgan fingerprint density at radius 1 is 1.15 bits per heavy atom. The van der Waals surface area contributed by atoms with Crippen LogP contribution in [0.2, 0.25) is 0 Å². The standard InChI is InChI=1S/C26H28N4O3S/c1-17-22-24(27-14-13-19-11-7-8-12-21(19)33-3)28-16-29-25(22)34-23(17)26(32)30(2)15-20(31)18-9-5-4-6-10-18/h4-12,16,20,31H,13-15H2,1-3H3,(H,27,28,29). The number of hydrogen-bond acceptors (Lipinski definition) is 7. The van der Waals surface area contributed by atoms with Crippen LogP contribution in [-0.2, 0) is 6.42 Å². The Morgan fingerprint density at radius 3 is 2.65 bits per heavy atom. The van der Waals surface area contributed by atoms with E-state index in [1.165, 1.54) is 17.7 Å². The highest BCUT2D eigenvalue weighted by atomic mass is 32.1. The third-order valence-corrected chi connectivity index (χ3v) is 6.97. The third kappa shape index (κ3) is 5.03. The molecule has 0 radical (unpaired) electrons. The van der Waals surface area contributed by atoms with E-state index in [2.05, 4.69) is 15.3 Å². The number of methoxy groups -OCH3 is 1. The average Bonchev–Trinajstić information content (AvgIpc) is 3.21. The summed E-state index contributed by atoms with van der Waals surface area (Å²) in [7, 11) is 3.37. The molecule has 34 heavy (non-hydrogen) atoms. The second-order valence-electron chi connectivity index (χ2n) is 8.06. The molecule has 0 saturated heterocycles. The molecule has 0 aliphatic carbocycles. The van der Waals surface area contributed by atoms with Crippen LogP contribution in [0.4, 0.5) is 5.82 Å². The van der Waals surface area contributed by atoms with Crippen LogP contribution in [0.15, 0.2) is 60.9 Å². The maximum atomic E-state index is 13.2. The van der Waals surface area contributed by atoms with Gasteiger partial charge in [0.05, 0.1) is 30.0 Å². The monoisotopic (exact) mass is 476 g/mol. The van der Waals surface area contributed by atoms with Crippen LogP contribution in [-0.4, -0.2) is 53.1 Å². The number of para-hydroxylation sites is 1. The van der Waals surface area contributed by atoms with Crippen molar-refractivity contribution in [3.8, 4) is 5.75 Å². The lowest BCUT2D eigenvalue weighted by atomic mass is 10.1. The molecule has 4 aromatic rings. The Kier molecular flexibility index (Phi) is 7.40. The molecule has 8 heteroatoms. The van der Waals surface area contributed by atoms with Gasteiger partial charge >= 0.3 is 0 Å². The largest absolute Gasteiger partial charge is 0.496 e. The van der Waals surface area contributed by atoms with Gasteiger partial charge in [-0.05, 0) is 36.1 Å². The van der Waals surface area contributed by atoms with Crippen molar-refractivity contribution in [1.82, 2.24) is 14.9 Å². The number of amides is 1. The summed E-state index contributed by atoms with van der Waals surface area (Å²) in [6.45, 7) is 2.78. The van der Waals surface area contributed by atoms with Crippen LogP contribution in [0.5, 0.6) is 5.75 Å². The molecule has 1 unspecified atom stereocenters. The summed E-state index contributed by atoms with van der Waals surface area (Å²) in [4.78, 5) is 25.0. The van der Waals surface area contributed by atoms with Crippen LogP contribution in [0, 0.1) is 6.92 Å². The smallest absolute Gasteiger partial charge is 0.264 e. The first-order valence-electron chi connectivity index (χ1n) is 11.1. The maximum Gasteiger partial charge on any atom is 0.264 e. The van der Waals surface area contributed by atoms with Crippen molar-refractivity contribution in [2.75, 3.05) is 32.6 Å². The zero-order valence-electron chi connectivity index (χ0n) is 19.5. The molecule has 4 rings (SSSR count). The van der Waals surface area contributed by atoms with E-state index in [0.29, 0.717) is 17.2 Å². The lowest BCUT2D eigenvalue weighted by molar-refractivity contribution is 0.0685. The number of carbonyl (C=O) groups excluding carboxylic acids is 1.